The molecule has 4 heterocycles. The molecule has 8 heteroatoms. The van der Waals surface area contributed by atoms with Gasteiger partial charge in [-0.1, -0.05) is 0 Å². The minimum atomic E-state index is 0.0506. The van der Waals surface area contributed by atoms with Gasteiger partial charge in [0.25, 0.3) is 0 Å². The van der Waals surface area contributed by atoms with E-state index in [0.717, 1.165) is 62.8 Å². The van der Waals surface area contributed by atoms with Crippen LogP contribution in [0.1, 0.15) is 36.0 Å². The molecule has 2 amide bonds. The number of hydrogen-bond donors (Lipinski definition) is 0. The third kappa shape index (κ3) is 2.74. The van der Waals surface area contributed by atoms with Gasteiger partial charge >= 0.3 is 6.03 Å². The van der Waals surface area contributed by atoms with E-state index < -0.39 is 0 Å². The van der Waals surface area contributed by atoms with Crippen LogP contribution in [-0.4, -0.2) is 63.9 Å². The summed E-state index contributed by atoms with van der Waals surface area (Å²) in [4.78, 5) is 27.5. The first-order chi connectivity index (χ1) is 13.1. The van der Waals surface area contributed by atoms with Gasteiger partial charge in [-0.25, -0.2) is 14.8 Å². The van der Waals surface area contributed by atoms with Crippen LogP contribution in [0.15, 0.2) is 12.4 Å². The molecule has 2 fully saturated rings. The van der Waals surface area contributed by atoms with Gasteiger partial charge < -0.3 is 9.80 Å². The molecule has 0 saturated carbocycles. The van der Waals surface area contributed by atoms with Crippen LogP contribution in [0.3, 0.4) is 0 Å². The molecule has 0 aromatic carbocycles. The molecule has 1 atom stereocenters. The number of aryl methyl sites for hydroxylation is 2. The van der Waals surface area contributed by atoms with E-state index in [1.165, 1.54) is 17.7 Å². The van der Waals surface area contributed by atoms with Crippen molar-refractivity contribution >= 4 is 17.5 Å². The number of rotatable bonds is 3. The Balaban J connectivity index is 1.34. The van der Waals surface area contributed by atoms with Crippen molar-refractivity contribution in [3.8, 4) is 0 Å². The quantitative estimate of drug-likeness (QED) is 0.827. The minimum Gasteiger partial charge on any atom is -0.354 e. The first kappa shape index (κ1) is 16.5. The number of likely N-dealkylation sites (N-methyl/N-ethyl adjacent to an activating group) is 1. The fraction of sp³-hybridized carbons (Fsp3) is 0.579. The van der Waals surface area contributed by atoms with Crippen molar-refractivity contribution in [2.24, 2.45) is 0 Å². The smallest absolute Gasteiger partial charge is 0.324 e. The molecule has 1 aliphatic carbocycles. The number of hydrogen-bond acceptors (Lipinski definition) is 5. The molecule has 2 saturated heterocycles. The maximum absolute atomic E-state index is 12.2. The average molecular weight is 367 g/mol. The second kappa shape index (κ2) is 6.21. The largest absolute Gasteiger partial charge is 0.354 e. The Labute approximate surface area is 158 Å². The van der Waals surface area contributed by atoms with Gasteiger partial charge in [0.1, 0.15) is 11.6 Å². The van der Waals surface area contributed by atoms with Gasteiger partial charge in [-0.3, -0.25) is 9.58 Å². The Hall–Kier alpha value is -2.64. The van der Waals surface area contributed by atoms with Gasteiger partial charge in [0.2, 0.25) is 0 Å². The lowest BCUT2D eigenvalue weighted by molar-refractivity contribution is 0.229. The van der Waals surface area contributed by atoms with Gasteiger partial charge in [0.15, 0.2) is 0 Å². The third-order valence-electron chi connectivity index (χ3n) is 5.98. The summed E-state index contributed by atoms with van der Waals surface area (Å²) >= 11 is 0. The Morgan fingerprint density at radius 2 is 2.04 bits per heavy atom. The molecule has 142 valence electrons. The predicted molar refractivity (Wildman–Crippen MR) is 102 cm³/mol. The standard InChI is InChI=1S/C19H25N7O/c1-13-21-17-5-3-4-16(17)18(22-13)24-7-6-14(11-24)26-12-15(10-20-26)25-9-8-23(2)19(25)27/h10,12,14H,3-9,11H2,1-2H3. The van der Waals surface area contributed by atoms with E-state index in [4.69, 9.17) is 4.98 Å². The topological polar surface area (TPSA) is 70.4 Å². The zero-order valence-corrected chi connectivity index (χ0v) is 15.9. The van der Waals surface area contributed by atoms with E-state index in [2.05, 4.69) is 15.0 Å². The Kier molecular flexibility index (Phi) is 3.80. The number of carbonyl (C=O) groups is 1. The molecule has 0 bridgehead atoms. The molecule has 0 N–H and O–H groups in total. The zero-order chi connectivity index (χ0) is 18.5. The summed E-state index contributed by atoms with van der Waals surface area (Å²) in [5.41, 5.74) is 3.47. The molecule has 3 aliphatic rings. The summed E-state index contributed by atoms with van der Waals surface area (Å²) in [5, 5.41) is 4.57. The molecule has 2 aromatic heterocycles. The Morgan fingerprint density at radius 3 is 2.85 bits per heavy atom. The summed E-state index contributed by atoms with van der Waals surface area (Å²) < 4.78 is 2.02. The van der Waals surface area contributed by atoms with Crippen LogP contribution in [0.4, 0.5) is 16.3 Å². The number of anilines is 2. The van der Waals surface area contributed by atoms with Gasteiger partial charge in [-0.15, -0.1) is 0 Å². The highest BCUT2D eigenvalue weighted by atomic mass is 16.2. The summed E-state index contributed by atoms with van der Waals surface area (Å²) in [6.45, 7) is 5.36. The lowest BCUT2D eigenvalue weighted by Crippen LogP contribution is -2.28. The van der Waals surface area contributed by atoms with Crippen LogP contribution in [0, 0.1) is 6.92 Å². The van der Waals surface area contributed by atoms with Crippen LogP contribution < -0.4 is 9.80 Å². The molecule has 2 aliphatic heterocycles. The van der Waals surface area contributed by atoms with Gasteiger partial charge in [-0.05, 0) is 32.6 Å². The number of fused-ring (bicyclic) bond motifs is 1. The maximum atomic E-state index is 12.2. The molecular formula is C19H25N7O. The van der Waals surface area contributed by atoms with Crippen LogP contribution in [0.5, 0.6) is 0 Å². The van der Waals surface area contributed by atoms with Crippen molar-refractivity contribution in [3.05, 3.63) is 29.5 Å². The van der Waals surface area contributed by atoms with E-state index >= 15 is 0 Å². The highest BCUT2D eigenvalue weighted by Crippen LogP contribution is 2.33. The van der Waals surface area contributed by atoms with Crippen LogP contribution in [0.2, 0.25) is 0 Å². The Bertz CT molecular complexity index is 892. The van der Waals surface area contributed by atoms with Crippen molar-refractivity contribution < 1.29 is 4.79 Å². The summed E-state index contributed by atoms with van der Waals surface area (Å²) in [5.74, 6) is 1.99. The van der Waals surface area contributed by atoms with E-state index in [-0.39, 0.29) is 6.03 Å². The Morgan fingerprint density at radius 1 is 1.15 bits per heavy atom. The molecule has 0 spiro atoms. The average Bonchev–Trinajstić information content (AvgIpc) is 3.41. The molecule has 0 radical (unpaired) electrons. The van der Waals surface area contributed by atoms with Gasteiger partial charge in [0.05, 0.1) is 17.9 Å². The molecular weight excluding hydrogens is 342 g/mol. The lowest BCUT2D eigenvalue weighted by atomic mass is 10.2. The molecule has 1 unspecified atom stereocenters. The van der Waals surface area contributed by atoms with Crippen LogP contribution in [-0.2, 0) is 12.8 Å². The minimum absolute atomic E-state index is 0.0506. The number of amides is 2. The van der Waals surface area contributed by atoms with Gasteiger partial charge in [0, 0.05) is 50.7 Å². The van der Waals surface area contributed by atoms with Crippen LogP contribution >= 0.6 is 0 Å². The van der Waals surface area contributed by atoms with Crippen LogP contribution in [0.25, 0.3) is 0 Å². The lowest BCUT2D eigenvalue weighted by Gasteiger charge is -2.21. The zero-order valence-electron chi connectivity index (χ0n) is 15.9. The molecule has 5 rings (SSSR count). The second-order valence-corrected chi connectivity index (χ2v) is 7.80. The number of nitrogens with zero attached hydrogens (tertiary/aromatic N) is 7. The normalized spacial score (nSPS) is 22.2. The summed E-state index contributed by atoms with van der Waals surface area (Å²) in [6, 6.07) is 0.358. The molecule has 2 aromatic rings. The SMILES string of the molecule is Cc1nc2c(c(N3CCC(n4cc(N5CCN(C)C5=O)cn4)C3)n1)CCC2. The van der Waals surface area contributed by atoms with E-state index in [0.29, 0.717) is 6.04 Å². The first-order valence-corrected chi connectivity index (χ1v) is 9.78. The maximum Gasteiger partial charge on any atom is 0.324 e. The van der Waals surface area contributed by atoms with E-state index in [9.17, 15) is 4.79 Å². The monoisotopic (exact) mass is 367 g/mol. The van der Waals surface area contributed by atoms with Crippen molar-refractivity contribution in [2.45, 2.75) is 38.6 Å². The summed E-state index contributed by atoms with van der Waals surface area (Å²) in [6.07, 6.45) is 8.20. The number of urea groups is 1. The summed E-state index contributed by atoms with van der Waals surface area (Å²) in [7, 11) is 1.84. The molecule has 8 nitrogen and oxygen atoms in total. The van der Waals surface area contributed by atoms with Crippen molar-refractivity contribution in [1.82, 2.24) is 24.6 Å². The van der Waals surface area contributed by atoms with Crippen molar-refractivity contribution in [3.63, 3.8) is 0 Å². The predicted octanol–water partition coefficient (Wildman–Crippen LogP) is 1.79. The van der Waals surface area contributed by atoms with Crippen molar-refractivity contribution in [1.29, 1.82) is 0 Å². The first-order valence-electron chi connectivity index (χ1n) is 9.78. The number of aromatic nitrogens is 4. The number of carbonyl (C=O) groups excluding carboxylic acids is 1. The fourth-order valence-corrected chi connectivity index (χ4v) is 4.50. The van der Waals surface area contributed by atoms with E-state index in [1.54, 1.807) is 9.80 Å². The molecule has 27 heavy (non-hydrogen) atoms. The van der Waals surface area contributed by atoms with Gasteiger partial charge in [-0.2, -0.15) is 5.10 Å². The van der Waals surface area contributed by atoms with E-state index in [1.807, 2.05) is 31.0 Å². The third-order valence-corrected chi connectivity index (χ3v) is 5.98. The highest BCUT2D eigenvalue weighted by Gasteiger charge is 2.31. The fourth-order valence-electron chi connectivity index (χ4n) is 4.50. The van der Waals surface area contributed by atoms with Crippen molar-refractivity contribution in [2.75, 3.05) is 43.0 Å². The highest BCUT2D eigenvalue weighted by molar-refractivity contribution is 5.93. The second-order valence-electron chi connectivity index (χ2n) is 7.80.